The minimum absolute atomic E-state index is 0.0866. The lowest BCUT2D eigenvalue weighted by Gasteiger charge is -2.20. The molecule has 2 aliphatic heterocycles. The highest BCUT2D eigenvalue weighted by molar-refractivity contribution is 6.31. The normalized spacial score (nSPS) is 30.7. The van der Waals surface area contributed by atoms with Gasteiger partial charge in [-0.15, -0.1) is 0 Å². The number of benzene rings is 1. The van der Waals surface area contributed by atoms with Crippen molar-refractivity contribution in [1.29, 1.82) is 0 Å². The lowest BCUT2D eigenvalue weighted by Crippen LogP contribution is -2.43. The second kappa shape index (κ2) is 3.82. The maximum atomic E-state index is 12.4. The van der Waals surface area contributed by atoms with Gasteiger partial charge in [0, 0.05) is 17.5 Å². The smallest absolute Gasteiger partial charge is 0.302 e. The molecular formula is C14H10O6. The Labute approximate surface area is 113 Å². The van der Waals surface area contributed by atoms with Crippen molar-refractivity contribution < 1.29 is 28.6 Å². The molecular weight excluding hydrogens is 264 g/mol. The van der Waals surface area contributed by atoms with Gasteiger partial charge in [-0.1, -0.05) is 24.3 Å². The molecule has 6 heteroatoms. The van der Waals surface area contributed by atoms with E-state index in [0.29, 0.717) is 0 Å². The summed E-state index contributed by atoms with van der Waals surface area (Å²) in [6.07, 6.45) is -1.48. The minimum Gasteiger partial charge on any atom is -0.342 e. The van der Waals surface area contributed by atoms with Crippen LogP contribution in [-0.2, 0) is 19.0 Å². The Bertz CT molecular complexity index is 614. The average molecular weight is 274 g/mol. The van der Waals surface area contributed by atoms with Gasteiger partial charge in [-0.25, -0.2) is 0 Å². The van der Waals surface area contributed by atoms with E-state index in [0.717, 1.165) is 0 Å². The zero-order chi connectivity index (χ0) is 13.9. The van der Waals surface area contributed by atoms with Gasteiger partial charge in [-0.2, -0.15) is 0 Å². The van der Waals surface area contributed by atoms with Gasteiger partial charge in [0.15, 0.2) is 12.1 Å². The van der Waals surface area contributed by atoms with Gasteiger partial charge in [0.05, 0.1) is 0 Å². The van der Waals surface area contributed by atoms with Gasteiger partial charge in [0.2, 0.25) is 11.6 Å². The number of carbonyl (C=O) groups is 3. The van der Waals surface area contributed by atoms with Gasteiger partial charge < -0.3 is 14.2 Å². The SMILES string of the molecule is O=C1CO[C@H]2OC3(O[C@H]2C1)C(=O)c1ccccc1C3=O. The summed E-state index contributed by atoms with van der Waals surface area (Å²) in [6, 6.07) is 6.46. The van der Waals surface area contributed by atoms with Crippen LogP contribution in [0.4, 0.5) is 0 Å². The van der Waals surface area contributed by atoms with Crippen LogP contribution in [0.25, 0.3) is 0 Å². The lowest BCUT2D eigenvalue weighted by molar-refractivity contribution is -0.171. The van der Waals surface area contributed by atoms with Gasteiger partial charge >= 0.3 is 5.79 Å². The second-order valence-corrected chi connectivity index (χ2v) is 5.02. The number of ether oxygens (including phenoxy) is 3. The van der Waals surface area contributed by atoms with Crippen LogP contribution in [0.5, 0.6) is 0 Å². The molecule has 1 aliphatic carbocycles. The van der Waals surface area contributed by atoms with E-state index in [1.54, 1.807) is 24.3 Å². The van der Waals surface area contributed by atoms with Crippen LogP contribution < -0.4 is 0 Å². The van der Waals surface area contributed by atoms with Crippen molar-refractivity contribution >= 4 is 17.3 Å². The van der Waals surface area contributed by atoms with Crippen LogP contribution in [0.15, 0.2) is 24.3 Å². The highest BCUT2D eigenvalue weighted by Gasteiger charge is 2.64. The fraction of sp³-hybridized carbons (Fsp3) is 0.357. The highest BCUT2D eigenvalue weighted by Crippen LogP contribution is 2.42. The molecule has 102 valence electrons. The first-order chi connectivity index (χ1) is 9.62. The first-order valence-electron chi connectivity index (χ1n) is 6.29. The van der Waals surface area contributed by atoms with E-state index < -0.39 is 29.7 Å². The topological polar surface area (TPSA) is 78.9 Å². The third-order valence-corrected chi connectivity index (χ3v) is 3.75. The van der Waals surface area contributed by atoms with Crippen molar-refractivity contribution in [2.75, 3.05) is 6.61 Å². The molecule has 20 heavy (non-hydrogen) atoms. The Morgan fingerprint density at radius 1 is 1.00 bits per heavy atom. The predicted molar refractivity (Wildman–Crippen MR) is 63.2 cm³/mol. The summed E-state index contributed by atoms with van der Waals surface area (Å²) in [5.74, 6) is -3.15. The monoisotopic (exact) mass is 274 g/mol. The van der Waals surface area contributed by atoms with E-state index >= 15 is 0 Å². The molecule has 0 saturated carbocycles. The molecule has 0 N–H and O–H groups in total. The molecule has 1 aromatic carbocycles. The van der Waals surface area contributed by atoms with E-state index in [1.807, 2.05) is 0 Å². The molecule has 0 unspecified atom stereocenters. The summed E-state index contributed by atoms with van der Waals surface area (Å²) in [6.45, 7) is -0.0874. The van der Waals surface area contributed by atoms with E-state index in [4.69, 9.17) is 14.2 Å². The molecule has 2 heterocycles. The summed E-state index contributed by atoms with van der Waals surface area (Å²) in [5, 5.41) is 0. The Morgan fingerprint density at radius 3 is 2.30 bits per heavy atom. The third kappa shape index (κ3) is 1.35. The molecule has 4 rings (SSSR count). The number of hydrogen-bond acceptors (Lipinski definition) is 6. The standard InChI is InChI=1S/C14H10O6/c15-7-5-10-13(18-6-7)20-14(19-10)11(16)8-3-1-2-4-9(8)12(14)17/h1-4,10,13H,5-6H2/t10-,13-/m0/s1. The van der Waals surface area contributed by atoms with Crippen LogP contribution in [-0.4, -0.2) is 42.1 Å². The summed E-state index contributed by atoms with van der Waals surface area (Å²) in [7, 11) is 0. The maximum absolute atomic E-state index is 12.4. The largest absolute Gasteiger partial charge is 0.342 e. The average Bonchev–Trinajstić information content (AvgIpc) is 2.93. The Kier molecular flexibility index (Phi) is 2.27. The van der Waals surface area contributed by atoms with Gasteiger partial charge in [0.1, 0.15) is 12.7 Å². The number of fused-ring (bicyclic) bond motifs is 2. The van der Waals surface area contributed by atoms with Gasteiger partial charge in [-0.3, -0.25) is 14.4 Å². The van der Waals surface area contributed by atoms with Gasteiger partial charge in [-0.05, 0) is 0 Å². The van der Waals surface area contributed by atoms with Crippen molar-refractivity contribution in [3.8, 4) is 0 Å². The summed E-state index contributed by atoms with van der Waals surface area (Å²) < 4.78 is 16.2. The maximum Gasteiger partial charge on any atom is 0.302 e. The van der Waals surface area contributed by atoms with Crippen LogP contribution in [0.1, 0.15) is 27.1 Å². The molecule has 2 fully saturated rings. The fourth-order valence-corrected chi connectivity index (χ4v) is 2.82. The van der Waals surface area contributed by atoms with Crippen molar-refractivity contribution in [2.45, 2.75) is 24.6 Å². The quantitative estimate of drug-likeness (QED) is 0.641. The highest BCUT2D eigenvalue weighted by atomic mass is 16.8. The summed E-state index contributed by atoms with van der Waals surface area (Å²) in [4.78, 5) is 36.2. The Balaban J connectivity index is 1.76. The number of Topliss-reactive ketones (excluding diaryl/α,β-unsaturated/α-hetero) is 3. The van der Waals surface area contributed by atoms with Crippen LogP contribution in [0.2, 0.25) is 0 Å². The lowest BCUT2D eigenvalue weighted by atomic mass is 10.1. The first-order valence-corrected chi connectivity index (χ1v) is 6.29. The van der Waals surface area contributed by atoms with Crippen LogP contribution in [0.3, 0.4) is 0 Å². The Morgan fingerprint density at radius 2 is 1.65 bits per heavy atom. The molecule has 3 aliphatic rings. The minimum atomic E-state index is -1.97. The number of hydrogen-bond donors (Lipinski definition) is 0. The second-order valence-electron chi connectivity index (χ2n) is 5.02. The zero-order valence-electron chi connectivity index (χ0n) is 10.3. The zero-order valence-corrected chi connectivity index (χ0v) is 10.3. The molecule has 2 saturated heterocycles. The fourth-order valence-electron chi connectivity index (χ4n) is 2.82. The Hall–Kier alpha value is -1.89. The molecule has 0 bridgehead atoms. The van der Waals surface area contributed by atoms with Crippen molar-refractivity contribution in [3.05, 3.63) is 35.4 Å². The molecule has 1 aromatic rings. The van der Waals surface area contributed by atoms with Crippen LogP contribution in [0, 0.1) is 0 Å². The van der Waals surface area contributed by atoms with E-state index in [9.17, 15) is 14.4 Å². The number of carbonyl (C=O) groups excluding carboxylic acids is 3. The number of rotatable bonds is 0. The first kappa shape index (κ1) is 11.9. The molecule has 6 nitrogen and oxygen atoms in total. The van der Waals surface area contributed by atoms with Crippen molar-refractivity contribution in [3.63, 3.8) is 0 Å². The molecule has 0 aromatic heterocycles. The van der Waals surface area contributed by atoms with Crippen LogP contribution >= 0.6 is 0 Å². The number of ketones is 3. The summed E-state index contributed by atoms with van der Waals surface area (Å²) >= 11 is 0. The van der Waals surface area contributed by atoms with E-state index in [1.165, 1.54) is 0 Å². The van der Waals surface area contributed by atoms with E-state index in [2.05, 4.69) is 0 Å². The molecule has 0 radical (unpaired) electrons. The van der Waals surface area contributed by atoms with E-state index in [-0.39, 0.29) is 29.9 Å². The molecule has 0 amide bonds. The van der Waals surface area contributed by atoms with Crippen molar-refractivity contribution in [1.82, 2.24) is 0 Å². The van der Waals surface area contributed by atoms with Crippen molar-refractivity contribution in [2.24, 2.45) is 0 Å². The molecule has 2 atom stereocenters. The predicted octanol–water partition coefficient (Wildman–Crippen LogP) is 0.493. The van der Waals surface area contributed by atoms with Gasteiger partial charge in [0.25, 0.3) is 0 Å². The molecule has 1 spiro atoms. The summed E-state index contributed by atoms with van der Waals surface area (Å²) in [5.41, 5.74) is 0.560. The third-order valence-electron chi connectivity index (χ3n) is 3.75.